The Hall–Kier alpha value is -1.27. The second-order valence-electron chi connectivity index (χ2n) is 5.34. The molecule has 0 spiro atoms. The zero-order chi connectivity index (χ0) is 14.8. The Kier molecular flexibility index (Phi) is 4.35. The predicted molar refractivity (Wildman–Crippen MR) is 80.3 cm³/mol. The Labute approximate surface area is 127 Å². The van der Waals surface area contributed by atoms with Crippen LogP contribution >= 0.6 is 11.8 Å². The number of hydrogen-bond donors (Lipinski definition) is 1. The minimum atomic E-state index is -0.470. The number of rotatable bonds is 3. The van der Waals surface area contributed by atoms with Gasteiger partial charge >= 0.3 is 5.97 Å². The third kappa shape index (κ3) is 3.01. The first kappa shape index (κ1) is 14.7. The lowest BCUT2D eigenvalue weighted by atomic mass is 9.95. The van der Waals surface area contributed by atoms with Gasteiger partial charge in [-0.1, -0.05) is 6.07 Å². The van der Waals surface area contributed by atoms with Crippen LogP contribution in [0.25, 0.3) is 0 Å². The normalized spacial score (nSPS) is 26.0. The summed E-state index contributed by atoms with van der Waals surface area (Å²) >= 11 is 1.88. The molecule has 2 unspecified atom stereocenters. The van der Waals surface area contributed by atoms with E-state index in [-0.39, 0.29) is 18.4 Å². The van der Waals surface area contributed by atoms with Gasteiger partial charge in [-0.15, -0.1) is 0 Å². The quantitative estimate of drug-likeness (QED) is 0.862. The lowest BCUT2D eigenvalue weighted by Gasteiger charge is -2.29. The lowest BCUT2D eigenvalue weighted by Crippen LogP contribution is -2.33. The Morgan fingerprint density at radius 1 is 1.38 bits per heavy atom. The van der Waals surface area contributed by atoms with Gasteiger partial charge in [-0.25, -0.2) is 4.39 Å². The molecule has 0 radical (unpaired) electrons. The molecule has 2 saturated heterocycles. The molecule has 2 heterocycles. The fraction of sp³-hybridized carbons (Fsp3) is 0.533. The second-order valence-corrected chi connectivity index (χ2v) is 6.56. The molecule has 2 aliphatic rings. The van der Waals surface area contributed by atoms with E-state index in [1.807, 2.05) is 16.7 Å². The number of cyclic esters (lactones) is 1. The van der Waals surface area contributed by atoms with E-state index in [1.165, 1.54) is 6.07 Å². The first-order valence-electron chi connectivity index (χ1n) is 7.12. The smallest absolute Gasteiger partial charge is 0.313 e. The van der Waals surface area contributed by atoms with Gasteiger partial charge in [0.2, 0.25) is 0 Å². The Morgan fingerprint density at radius 3 is 2.76 bits per heavy atom. The first-order chi connectivity index (χ1) is 10.2. The lowest BCUT2D eigenvalue weighted by molar-refractivity contribution is -0.143. The molecule has 6 heteroatoms. The van der Waals surface area contributed by atoms with E-state index in [0.29, 0.717) is 17.7 Å². The highest BCUT2D eigenvalue weighted by Gasteiger charge is 2.35. The fourth-order valence-electron chi connectivity index (χ4n) is 2.84. The number of anilines is 1. The number of carbonyl (C=O) groups is 1. The van der Waals surface area contributed by atoms with Crippen LogP contribution in [0.4, 0.5) is 10.1 Å². The summed E-state index contributed by atoms with van der Waals surface area (Å²) in [4.78, 5) is 13.8. The summed E-state index contributed by atoms with van der Waals surface area (Å²) in [5, 5.41) is 9.06. The van der Waals surface area contributed by atoms with Gasteiger partial charge in [0.25, 0.3) is 0 Å². The van der Waals surface area contributed by atoms with Crippen molar-refractivity contribution in [1.82, 2.24) is 0 Å². The van der Waals surface area contributed by atoms with Crippen molar-refractivity contribution in [2.75, 3.05) is 36.1 Å². The molecule has 3 rings (SSSR count). The molecular formula is C15H18FNO3S. The molecule has 114 valence electrons. The van der Waals surface area contributed by atoms with Crippen molar-refractivity contribution in [3.05, 3.63) is 29.6 Å². The molecule has 2 aliphatic heterocycles. The molecular weight excluding hydrogens is 293 g/mol. The standard InChI is InChI=1S/C15H18FNO3S/c16-13-7-10(12-8-11(9-18)20-15(12)19)1-2-14(13)17-3-5-21-6-4-17/h1-2,7,11-12,18H,3-6,8-9H2. The number of hydrogen-bond acceptors (Lipinski definition) is 5. The largest absolute Gasteiger partial charge is 0.459 e. The average Bonchev–Trinajstić information content (AvgIpc) is 2.89. The van der Waals surface area contributed by atoms with E-state index in [1.54, 1.807) is 12.1 Å². The van der Waals surface area contributed by atoms with Crippen LogP contribution in [0.3, 0.4) is 0 Å². The van der Waals surface area contributed by atoms with Crippen molar-refractivity contribution in [2.24, 2.45) is 0 Å². The summed E-state index contributed by atoms with van der Waals surface area (Å²) in [5.74, 6) is 0.876. The summed E-state index contributed by atoms with van der Waals surface area (Å²) < 4.78 is 19.4. The van der Waals surface area contributed by atoms with Crippen LogP contribution in [0.2, 0.25) is 0 Å². The van der Waals surface area contributed by atoms with Crippen LogP contribution in [-0.4, -0.2) is 48.4 Å². The van der Waals surface area contributed by atoms with Crippen molar-refractivity contribution in [2.45, 2.75) is 18.4 Å². The molecule has 2 atom stereocenters. The van der Waals surface area contributed by atoms with E-state index in [9.17, 15) is 9.18 Å². The highest BCUT2D eigenvalue weighted by atomic mass is 32.2. The van der Waals surface area contributed by atoms with Gasteiger partial charge < -0.3 is 14.7 Å². The van der Waals surface area contributed by atoms with Crippen LogP contribution in [0.15, 0.2) is 18.2 Å². The molecule has 1 N–H and O–H groups in total. The molecule has 0 aliphatic carbocycles. The minimum absolute atomic E-state index is 0.186. The van der Waals surface area contributed by atoms with Crippen LogP contribution in [0.1, 0.15) is 17.9 Å². The van der Waals surface area contributed by atoms with E-state index in [0.717, 1.165) is 24.6 Å². The second kappa shape index (κ2) is 6.23. The third-order valence-corrected chi connectivity index (χ3v) is 4.94. The molecule has 0 saturated carbocycles. The number of halogens is 1. The highest BCUT2D eigenvalue weighted by molar-refractivity contribution is 7.99. The average molecular weight is 311 g/mol. The predicted octanol–water partition coefficient (Wildman–Crippen LogP) is 1.77. The van der Waals surface area contributed by atoms with Gasteiger partial charge in [0.1, 0.15) is 11.9 Å². The van der Waals surface area contributed by atoms with Crippen molar-refractivity contribution >= 4 is 23.4 Å². The number of benzene rings is 1. The molecule has 0 aromatic heterocycles. The summed E-state index contributed by atoms with van der Waals surface area (Å²) in [6, 6.07) is 4.98. The maximum Gasteiger partial charge on any atom is 0.313 e. The summed E-state index contributed by atoms with van der Waals surface area (Å²) in [5.41, 5.74) is 1.23. The van der Waals surface area contributed by atoms with Gasteiger partial charge in [-0.05, 0) is 17.7 Å². The number of nitrogens with zero attached hydrogens (tertiary/aromatic N) is 1. The van der Waals surface area contributed by atoms with Crippen molar-refractivity contribution in [3.63, 3.8) is 0 Å². The molecule has 1 aromatic rings. The number of ether oxygens (including phenoxy) is 1. The van der Waals surface area contributed by atoms with Gasteiger partial charge in [0.05, 0.1) is 18.2 Å². The molecule has 1 aromatic carbocycles. The number of esters is 1. The van der Waals surface area contributed by atoms with E-state index in [2.05, 4.69) is 0 Å². The van der Waals surface area contributed by atoms with Gasteiger partial charge in [0, 0.05) is 31.0 Å². The Bertz CT molecular complexity index is 534. The highest BCUT2D eigenvalue weighted by Crippen LogP contribution is 2.33. The Morgan fingerprint density at radius 2 is 2.14 bits per heavy atom. The zero-order valence-electron chi connectivity index (χ0n) is 11.6. The van der Waals surface area contributed by atoms with E-state index < -0.39 is 12.0 Å². The monoisotopic (exact) mass is 311 g/mol. The fourth-order valence-corrected chi connectivity index (χ4v) is 3.74. The number of carbonyl (C=O) groups excluding carboxylic acids is 1. The molecule has 0 amide bonds. The van der Waals surface area contributed by atoms with Crippen LogP contribution in [-0.2, 0) is 9.53 Å². The summed E-state index contributed by atoms with van der Waals surface area (Å²) in [7, 11) is 0. The maximum absolute atomic E-state index is 14.3. The van der Waals surface area contributed by atoms with E-state index >= 15 is 0 Å². The third-order valence-electron chi connectivity index (χ3n) is 4.00. The topological polar surface area (TPSA) is 49.8 Å². The van der Waals surface area contributed by atoms with Gasteiger partial charge in [-0.3, -0.25) is 4.79 Å². The summed E-state index contributed by atoms with van der Waals surface area (Å²) in [6.45, 7) is 1.51. The van der Waals surface area contributed by atoms with Crippen LogP contribution in [0, 0.1) is 5.82 Å². The molecule has 0 bridgehead atoms. The number of aliphatic hydroxyl groups is 1. The van der Waals surface area contributed by atoms with Crippen molar-refractivity contribution < 1.29 is 19.0 Å². The molecule has 21 heavy (non-hydrogen) atoms. The number of aliphatic hydroxyl groups excluding tert-OH is 1. The van der Waals surface area contributed by atoms with Crippen LogP contribution < -0.4 is 4.90 Å². The van der Waals surface area contributed by atoms with Gasteiger partial charge in [-0.2, -0.15) is 11.8 Å². The zero-order valence-corrected chi connectivity index (χ0v) is 12.4. The van der Waals surface area contributed by atoms with Crippen LogP contribution in [0.5, 0.6) is 0 Å². The SMILES string of the molecule is O=C1OC(CO)CC1c1ccc(N2CCSCC2)c(F)c1. The number of thioether (sulfide) groups is 1. The molecule has 2 fully saturated rings. The Balaban J connectivity index is 1.79. The first-order valence-corrected chi connectivity index (χ1v) is 8.28. The minimum Gasteiger partial charge on any atom is -0.459 e. The maximum atomic E-state index is 14.3. The van der Waals surface area contributed by atoms with Gasteiger partial charge in [0.15, 0.2) is 0 Å². The molecule has 4 nitrogen and oxygen atoms in total. The summed E-state index contributed by atoms with van der Waals surface area (Å²) in [6.07, 6.45) is -0.0570. The van der Waals surface area contributed by atoms with Crippen molar-refractivity contribution in [1.29, 1.82) is 0 Å². The van der Waals surface area contributed by atoms with E-state index in [4.69, 9.17) is 9.84 Å². The van der Waals surface area contributed by atoms with Crippen molar-refractivity contribution in [3.8, 4) is 0 Å².